The molecule has 0 spiro atoms. The van der Waals surface area contributed by atoms with Gasteiger partial charge in [0.15, 0.2) is 11.5 Å². The van der Waals surface area contributed by atoms with E-state index in [4.69, 9.17) is 32.7 Å². The van der Waals surface area contributed by atoms with Crippen LogP contribution in [-0.4, -0.2) is 7.11 Å². The van der Waals surface area contributed by atoms with Crippen LogP contribution in [0.5, 0.6) is 11.5 Å². The molecule has 0 N–H and O–H groups in total. The van der Waals surface area contributed by atoms with E-state index in [1.807, 2.05) is 48.5 Å². The first-order valence-corrected chi connectivity index (χ1v) is 10.2. The average molecular weight is 489 g/mol. The van der Waals surface area contributed by atoms with Crippen molar-refractivity contribution in [2.24, 2.45) is 0 Å². The summed E-state index contributed by atoms with van der Waals surface area (Å²) in [5, 5.41) is 10.9. The van der Waals surface area contributed by atoms with Crippen molar-refractivity contribution in [1.82, 2.24) is 0 Å². The van der Waals surface area contributed by atoms with Gasteiger partial charge in [-0.05, 0) is 59.2 Å². The lowest BCUT2D eigenvalue weighted by Gasteiger charge is -2.13. The summed E-state index contributed by atoms with van der Waals surface area (Å²) in [4.78, 5) is 0. The molecule has 0 saturated heterocycles. The Kier molecular flexibility index (Phi) is 7.22. The highest BCUT2D eigenvalue weighted by atomic mass is 79.9. The minimum Gasteiger partial charge on any atom is -0.493 e. The Labute approximate surface area is 188 Å². The molecule has 0 unspecified atom stereocenters. The van der Waals surface area contributed by atoms with E-state index in [1.54, 1.807) is 25.3 Å². The van der Waals surface area contributed by atoms with Crippen molar-refractivity contribution in [3.8, 4) is 17.6 Å². The van der Waals surface area contributed by atoms with E-state index in [0.717, 1.165) is 21.2 Å². The van der Waals surface area contributed by atoms with Crippen LogP contribution in [0.3, 0.4) is 0 Å². The summed E-state index contributed by atoms with van der Waals surface area (Å²) in [6.45, 7) is 0.378. The quantitative estimate of drug-likeness (QED) is 0.268. The van der Waals surface area contributed by atoms with E-state index in [0.29, 0.717) is 33.7 Å². The zero-order valence-corrected chi connectivity index (χ0v) is 18.6. The highest BCUT2D eigenvalue weighted by molar-refractivity contribution is 9.10. The molecule has 0 fully saturated rings. The molecule has 0 aliphatic rings. The topological polar surface area (TPSA) is 42.2 Å². The molecular weight excluding hydrogens is 473 g/mol. The van der Waals surface area contributed by atoms with E-state index >= 15 is 0 Å². The SMILES string of the molecule is COc1cc(C=C(C#N)c2ccc(Cl)cc2)c(Br)cc1OCc1ccc(Cl)cc1. The van der Waals surface area contributed by atoms with Crippen LogP contribution in [0.25, 0.3) is 11.6 Å². The molecular formula is C23H16BrCl2NO2. The largest absolute Gasteiger partial charge is 0.493 e. The molecule has 29 heavy (non-hydrogen) atoms. The third-order valence-electron chi connectivity index (χ3n) is 4.17. The molecule has 6 heteroatoms. The summed E-state index contributed by atoms with van der Waals surface area (Å²) >= 11 is 15.4. The molecule has 0 aromatic heterocycles. The second kappa shape index (κ2) is 9.84. The molecule has 0 bridgehead atoms. The highest BCUT2D eigenvalue weighted by Gasteiger charge is 2.11. The van der Waals surface area contributed by atoms with Crippen molar-refractivity contribution in [2.75, 3.05) is 7.11 Å². The van der Waals surface area contributed by atoms with Gasteiger partial charge >= 0.3 is 0 Å². The fourth-order valence-corrected chi connectivity index (χ4v) is 3.33. The lowest BCUT2D eigenvalue weighted by Crippen LogP contribution is -1.98. The Bertz CT molecular complexity index is 1070. The predicted molar refractivity (Wildman–Crippen MR) is 121 cm³/mol. The predicted octanol–water partition coefficient (Wildman–Crippen LogP) is 7.41. The van der Waals surface area contributed by atoms with Gasteiger partial charge in [0.1, 0.15) is 6.61 Å². The summed E-state index contributed by atoms with van der Waals surface area (Å²) in [7, 11) is 1.58. The van der Waals surface area contributed by atoms with Gasteiger partial charge in [-0.1, -0.05) is 63.4 Å². The molecule has 3 aromatic carbocycles. The lowest BCUT2D eigenvalue weighted by molar-refractivity contribution is 0.284. The second-order valence-electron chi connectivity index (χ2n) is 6.12. The van der Waals surface area contributed by atoms with Crippen LogP contribution in [0.2, 0.25) is 10.0 Å². The monoisotopic (exact) mass is 487 g/mol. The van der Waals surface area contributed by atoms with Gasteiger partial charge < -0.3 is 9.47 Å². The van der Waals surface area contributed by atoms with Gasteiger partial charge in [-0.3, -0.25) is 0 Å². The van der Waals surface area contributed by atoms with Crippen molar-refractivity contribution in [3.63, 3.8) is 0 Å². The Hall–Kier alpha value is -2.45. The molecule has 146 valence electrons. The first-order chi connectivity index (χ1) is 14.0. The van der Waals surface area contributed by atoms with E-state index in [2.05, 4.69) is 22.0 Å². The zero-order valence-electron chi connectivity index (χ0n) is 15.5. The average Bonchev–Trinajstić information content (AvgIpc) is 2.73. The molecule has 0 amide bonds. The number of nitriles is 1. The van der Waals surface area contributed by atoms with Crippen LogP contribution >= 0.6 is 39.1 Å². The van der Waals surface area contributed by atoms with Crippen molar-refractivity contribution >= 4 is 50.8 Å². The van der Waals surface area contributed by atoms with E-state index < -0.39 is 0 Å². The van der Waals surface area contributed by atoms with Gasteiger partial charge in [0, 0.05) is 14.5 Å². The lowest BCUT2D eigenvalue weighted by atomic mass is 10.0. The Morgan fingerprint density at radius 1 is 1.00 bits per heavy atom. The molecule has 0 radical (unpaired) electrons. The molecule has 0 aliphatic carbocycles. The molecule has 0 atom stereocenters. The van der Waals surface area contributed by atoms with E-state index in [9.17, 15) is 5.26 Å². The van der Waals surface area contributed by atoms with Crippen LogP contribution in [0, 0.1) is 11.3 Å². The zero-order chi connectivity index (χ0) is 20.8. The number of halogens is 3. The number of nitrogens with zero attached hydrogens (tertiary/aromatic N) is 1. The maximum atomic E-state index is 9.58. The molecule has 3 nitrogen and oxygen atoms in total. The molecule has 0 heterocycles. The first kappa shape index (κ1) is 21.3. The summed E-state index contributed by atoms with van der Waals surface area (Å²) < 4.78 is 12.2. The molecule has 3 rings (SSSR count). The normalized spacial score (nSPS) is 11.1. The van der Waals surface area contributed by atoms with Gasteiger partial charge in [-0.2, -0.15) is 5.26 Å². The smallest absolute Gasteiger partial charge is 0.162 e. The fraction of sp³-hybridized carbons (Fsp3) is 0.0870. The van der Waals surface area contributed by atoms with E-state index in [1.165, 1.54) is 0 Å². The van der Waals surface area contributed by atoms with Crippen molar-refractivity contribution < 1.29 is 9.47 Å². The van der Waals surface area contributed by atoms with Crippen LogP contribution in [0.15, 0.2) is 65.1 Å². The molecule has 3 aromatic rings. The summed E-state index contributed by atoms with van der Waals surface area (Å²) in [6.07, 6.45) is 1.79. The number of methoxy groups -OCH3 is 1. The molecule has 0 aliphatic heterocycles. The van der Waals surface area contributed by atoms with Gasteiger partial charge in [0.05, 0.1) is 18.8 Å². The van der Waals surface area contributed by atoms with Gasteiger partial charge in [-0.15, -0.1) is 0 Å². The summed E-state index contributed by atoms with van der Waals surface area (Å²) in [5.74, 6) is 1.17. The van der Waals surface area contributed by atoms with Gasteiger partial charge in [-0.25, -0.2) is 0 Å². The number of hydrogen-bond donors (Lipinski definition) is 0. The molecule has 0 saturated carbocycles. The van der Waals surface area contributed by atoms with Gasteiger partial charge in [0.25, 0.3) is 0 Å². The maximum absolute atomic E-state index is 9.58. The number of rotatable bonds is 6. The van der Waals surface area contributed by atoms with Crippen molar-refractivity contribution in [3.05, 3.63) is 91.9 Å². The maximum Gasteiger partial charge on any atom is 0.162 e. The Morgan fingerprint density at radius 3 is 2.21 bits per heavy atom. The second-order valence-corrected chi connectivity index (χ2v) is 7.84. The van der Waals surface area contributed by atoms with E-state index in [-0.39, 0.29) is 0 Å². The fourth-order valence-electron chi connectivity index (χ4n) is 2.64. The number of benzene rings is 3. The minimum absolute atomic E-state index is 0.378. The van der Waals surface area contributed by atoms with Crippen molar-refractivity contribution in [1.29, 1.82) is 5.26 Å². The standard InChI is InChI=1S/C23H16BrCl2NO2/c1-28-22-11-17(10-18(13-27)16-4-8-20(26)9-5-16)21(24)12-23(22)29-14-15-2-6-19(25)7-3-15/h2-12H,14H2,1H3. The van der Waals surface area contributed by atoms with Crippen molar-refractivity contribution in [2.45, 2.75) is 6.61 Å². The van der Waals surface area contributed by atoms with Crippen LogP contribution in [-0.2, 0) is 6.61 Å². The minimum atomic E-state index is 0.378. The summed E-state index contributed by atoms with van der Waals surface area (Å²) in [6, 6.07) is 20.5. The third-order valence-corrected chi connectivity index (χ3v) is 5.36. The van der Waals surface area contributed by atoms with Crippen LogP contribution < -0.4 is 9.47 Å². The van der Waals surface area contributed by atoms with Crippen LogP contribution in [0.1, 0.15) is 16.7 Å². The number of allylic oxidation sites excluding steroid dienone is 1. The highest BCUT2D eigenvalue weighted by Crippen LogP contribution is 2.36. The van der Waals surface area contributed by atoms with Crippen LogP contribution in [0.4, 0.5) is 0 Å². The number of hydrogen-bond acceptors (Lipinski definition) is 3. The summed E-state index contributed by atoms with van der Waals surface area (Å²) in [5.41, 5.74) is 3.09. The number of ether oxygens (including phenoxy) is 2. The first-order valence-electron chi connectivity index (χ1n) is 8.62. The Balaban J connectivity index is 1.88. The Morgan fingerprint density at radius 2 is 1.62 bits per heavy atom. The third kappa shape index (κ3) is 5.55. The van der Waals surface area contributed by atoms with Gasteiger partial charge in [0.2, 0.25) is 0 Å².